The molecule has 1 atom stereocenters. The number of nitrogens with zero attached hydrogens (tertiary/aromatic N) is 2. The number of likely N-dealkylation sites (tertiary alicyclic amines) is 1. The summed E-state index contributed by atoms with van der Waals surface area (Å²) in [7, 11) is 0. The Hall–Kier alpha value is -2.28. The molecule has 0 radical (unpaired) electrons. The number of rotatable bonds is 4. The van der Waals surface area contributed by atoms with Gasteiger partial charge in [-0.1, -0.05) is 6.07 Å². The number of carbonyl (C=O) groups excluding carboxylic acids is 2. The first-order valence-electron chi connectivity index (χ1n) is 8.59. The number of thiophene rings is 1. The van der Waals surface area contributed by atoms with Crippen molar-refractivity contribution in [2.75, 3.05) is 13.1 Å². The lowest BCUT2D eigenvalue weighted by molar-refractivity contribution is 0.0636. The third-order valence-electron chi connectivity index (χ3n) is 4.86. The highest BCUT2D eigenvalue weighted by Gasteiger charge is 2.32. The number of H-pyrrole nitrogens is 1. The number of nitrogens with one attached hydrogen (secondary N) is 1. The summed E-state index contributed by atoms with van der Waals surface area (Å²) < 4.78 is 0. The number of Topliss-reactive ketones (excluding diaryl/α,β-unsaturated/α-hetero) is 1. The van der Waals surface area contributed by atoms with E-state index in [1.165, 1.54) is 17.5 Å². The fourth-order valence-electron chi connectivity index (χ4n) is 3.29. The van der Waals surface area contributed by atoms with E-state index >= 15 is 0 Å². The lowest BCUT2D eigenvalue weighted by Crippen LogP contribution is -2.44. The van der Waals surface area contributed by atoms with E-state index in [1.807, 2.05) is 17.5 Å². The average Bonchev–Trinajstić information content (AvgIpc) is 3.35. The minimum absolute atomic E-state index is 0.0635. The third kappa shape index (κ3) is 3.28. The van der Waals surface area contributed by atoms with Gasteiger partial charge in [0.05, 0.1) is 4.88 Å². The summed E-state index contributed by atoms with van der Waals surface area (Å²) in [5.41, 5.74) is -0.317. The number of carbonyl (C=O) groups is 2. The van der Waals surface area contributed by atoms with E-state index in [0.29, 0.717) is 24.8 Å². The van der Waals surface area contributed by atoms with Crippen molar-refractivity contribution in [3.05, 3.63) is 50.3 Å². The van der Waals surface area contributed by atoms with E-state index in [1.54, 1.807) is 4.90 Å². The molecule has 1 saturated carbocycles. The highest BCUT2D eigenvalue weighted by molar-refractivity contribution is 7.12. The first-order valence-corrected chi connectivity index (χ1v) is 9.47. The molecule has 1 aliphatic carbocycles. The van der Waals surface area contributed by atoms with E-state index in [2.05, 4.69) is 9.97 Å². The molecule has 4 rings (SSSR count). The van der Waals surface area contributed by atoms with Crippen LogP contribution < -0.4 is 5.56 Å². The second kappa shape index (κ2) is 6.55. The Bertz CT molecular complexity index is 855. The average molecular weight is 357 g/mol. The smallest absolute Gasteiger partial charge is 0.263 e. The molecule has 1 amide bonds. The van der Waals surface area contributed by atoms with Crippen LogP contribution in [0, 0.1) is 5.92 Å². The van der Waals surface area contributed by atoms with Gasteiger partial charge in [0.2, 0.25) is 0 Å². The quantitative estimate of drug-likeness (QED) is 0.852. The predicted octanol–water partition coefficient (Wildman–Crippen LogP) is 2.44. The van der Waals surface area contributed by atoms with Gasteiger partial charge in [-0.2, -0.15) is 0 Å². The van der Waals surface area contributed by atoms with Crippen LogP contribution in [0.15, 0.2) is 28.5 Å². The zero-order valence-corrected chi connectivity index (χ0v) is 14.6. The number of hydrogen-bond acceptors (Lipinski definition) is 5. The van der Waals surface area contributed by atoms with Crippen LogP contribution in [0.4, 0.5) is 0 Å². The molecule has 2 aromatic heterocycles. The maximum atomic E-state index is 12.7. The molecule has 0 aromatic carbocycles. The van der Waals surface area contributed by atoms with Crippen molar-refractivity contribution in [3.63, 3.8) is 0 Å². The molecule has 6 nitrogen and oxygen atoms in total. The molecule has 1 N–H and O–H groups in total. The van der Waals surface area contributed by atoms with E-state index in [9.17, 15) is 14.4 Å². The molecular weight excluding hydrogens is 338 g/mol. The maximum Gasteiger partial charge on any atom is 0.263 e. The SMILES string of the molecule is O=C(c1cccs1)C1CCCN(C(=O)c2cnc(C3CC3)[nH]c2=O)C1. The molecule has 7 heteroatoms. The molecule has 1 aliphatic heterocycles. The molecule has 0 spiro atoms. The summed E-state index contributed by atoms with van der Waals surface area (Å²) in [4.78, 5) is 46.9. The Balaban J connectivity index is 1.50. The Morgan fingerprint density at radius 1 is 1.28 bits per heavy atom. The molecule has 130 valence electrons. The summed E-state index contributed by atoms with van der Waals surface area (Å²) in [6.45, 7) is 0.927. The standard InChI is InChI=1S/C18H19N3O3S/c22-15(14-4-2-8-25-14)12-3-1-7-21(10-12)18(24)13-9-19-16(11-5-6-11)20-17(13)23/h2,4,8-9,11-12H,1,3,5-7,10H2,(H,19,20,23). The summed E-state index contributed by atoms with van der Waals surface area (Å²) >= 11 is 1.43. The summed E-state index contributed by atoms with van der Waals surface area (Å²) in [6, 6.07) is 3.68. The number of ketones is 1. The number of piperidine rings is 1. The fraction of sp³-hybridized carbons (Fsp3) is 0.444. The Morgan fingerprint density at radius 2 is 2.12 bits per heavy atom. The first kappa shape index (κ1) is 16.2. The predicted molar refractivity (Wildman–Crippen MR) is 94.1 cm³/mol. The van der Waals surface area contributed by atoms with Gasteiger partial charge in [0.1, 0.15) is 11.4 Å². The fourth-order valence-corrected chi connectivity index (χ4v) is 4.03. The normalized spacial score (nSPS) is 20.5. The summed E-state index contributed by atoms with van der Waals surface area (Å²) in [5, 5.41) is 1.88. The van der Waals surface area contributed by atoms with Crippen molar-refractivity contribution in [1.82, 2.24) is 14.9 Å². The van der Waals surface area contributed by atoms with Gasteiger partial charge >= 0.3 is 0 Å². The number of aromatic amines is 1. The van der Waals surface area contributed by atoms with Crippen LogP contribution in [-0.2, 0) is 0 Å². The highest BCUT2D eigenvalue weighted by Crippen LogP contribution is 2.37. The van der Waals surface area contributed by atoms with Gasteiger partial charge in [-0.05, 0) is 37.1 Å². The minimum Gasteiger partial charge on any atom is -0.338 e. The Labute approximate surface area is 148 Å². The van der Waals surface area contributed by atoms with E-state index in [-0.39, 0.29) is 28.7 Å². The lowest BCUT2D eigenvalue weighted by atomic mass is 9.92. The Morgan fingerprint density at radius 3 is 2.80 bits per heavy atom. The van der Waals surface area contributed by atoms with Crippen LogP contribution in [0.5, 0.6) is 0 Å². The van der Waals surface area contributed by atoms with Crippen LogP contribution in [0.3, 0.4) is 0 Å². The topological polar surface area (TPSA) is 83.1 Å². The molecule has 1 unspecified atom stereocenters. The second-order valence-corrected chi connectivity index (χ2v) is 7.67. The summed E-state index contributed by atoms with van der Waals surface area (Å²) in [5.74, 6) is 0.558. The van der Waals surface area contributed by atoms with Crippen LogP contribution in [0.25, 0.3) is 0 Å². The van der Waals surface area contributed by atoms with Crippen molar-refractivity contribution >= 4 is 23.0 Å². The Kier molecular flexibility index (Phi) is 4.25. The molecule has 1 saturated heterocycles. The monoisotopic (exact) mass is 357 g/mol. The maximum absolute atomic E-state index is 12.7. The molecule has 2 aliphatic rings. The number of hydrogen-bond donors (Lipinski definition) is 1. The zero-order chi connectivity index (χ0) is 17.4. The van der Waals surface area contributed by atoms with Crippen molar-refractivity contribution in [3.8, 4) is 0 Å². The van der Waals surface area contributed by atoms with E-state index in [4.69, 9.17) is 0 Å². The molecule has 2 fully saturated rings. The molecule has 0 bridgehead atoms. The lowest BCUT2D eigenvalue weighted by Gasteiger charge is -2.31. The van der Waals surface area contributed by atoms with Crippen molar-refractivity contribution in [2.45, 2.75) is 31.6 Å². The van der Waals surface area contributed by atoms with Crippen LogP contribution in [0.1, 0.15) is 57.5 Å². The molecule has 25 heavy (non-hydrogen) atoms. The molecular formula is C18H19N3O3S. The van der Waals surface area contributed by atoms with Gasteiger partial charge in [0.25, 0.3) is 11.5 Å². The number of amides is 1. The van der Waals surface area contributed by atoms with Crippen molar-refractivity contribution in [1.29, 1.82) is 0 Å². The van der Waals surface area contributed by atoms with Gasteiger partial charge in [-0.3, -0.25) is 14.4 Å². The van der Waals surface area contributed by atoms with Gasteiger partial charge in [-0.15, -0.1) is 11.3 Å². The molecule has 2 aromatic rings. The largest absolute Gasteiger partial charge is 0.338 e. The zero-order valence-electron chi connectivity index (χ0n) is 13.7. The van der Waals surface area contributed by atoms with Crippen molar-refractivity contribution < 1.29 is 9.59 Å². The van der Waals surface area contributed by atoms with Gasteiger partial charge < -0.3 is 9.88 Å². The van der Waals surface area contributed by atoms with Crippen LogP contribution in [-0.4, -0.2) is 39.6 Å². The van der Waals surface area contributed by atoms with E-state index < -0.39 is 0 Å². The third-order valence-corrected chi connectivity index (χ3v) is 5.74. The van der Waals surface area contributed by atoms with Gasteiger partial charge in [0.15, 0.2) is 5.78 Å². The number of aromatic nitrogens is 2. The first-order chi connectivity index (χ1) is 12.1. The summed E-state index contributed by atoms with van der Waals surface area (Å²) in [6.07, 6.45) is 5.00. The van der Waals surface area contributed by atoms with Crippen LogP contribution >= 0.6 is 11.3 Å². The highest BCUT2D eigenvalue weighted by atomic mass is 32.1. The van der Waals surface area contributed by atoms with E-state index in [0.717, 1.165) is 30.6 Å². The minimum atomic E-state index is -0.381. The second-order valence-electron chi connectivity index (χ2n) is 6.72. The molecule has 3 heterocycles. The van der Waals surface area contributed by atoms with Gasteiger partial charge in [-0.25, -0.2) is 4.98 Å². The van der Waals surface area contributed by atoms with Gasteiger partial charge in [0, 0.05) is 31.1 Å². The van der Waals surface area contributed by atoms with Crippen LogP contribution in [0.2, 0.25) is 0 Å². The van der Waals surface area contributed by atoms with Crippen molar-refractivity contribution in [2.24, 2.45) is 5.92 Å².